The third-order valence-corrected chi connectivity index (χ3v) is 6.26. The van der Waals surface area contributed by atoms with Crippen molar-refractivity contribution in [2.45, 2.75) is 45.6 Å². The zero-order chi connectivity index (χ0) is 19.7. The average Bonchev–Trinajstić information content (AvgIpc) is 3.27. The molecule has 6 nitrogen and oxygen atoms in total. The summed E-state index contributed by atoms with van der Waals surface area (Å²) in [6, 6.07) is 10.1. The van der Waals surface area contributed by atoms with Crippen molar-refractivity contribution < 1.29 is 9.32 Å². The molecular formula is C22H30N4O2. The molecule has 0 N–H and O–H groups in total. The second-order valence-corrected chi connectivity index (χ2v) is 8.94. The van der Waals surface area contributed by atoms with Crippen molar-refractivity contribution in [2.75, 3.05) is 26.7 Å². The van der Waals surface area contributed by atoms with Gasteiger partial charge in [0.25, 0.3) is 5.89 Å². The summed E-state index contributed by atoms with van der Waals surface area (Å²) < 4.78 is 5.53. The Balaban J connectivity index is 1.42. The molecule has 1 atom stereocenters. The number of likely N-dealkylation sites (tertiary alicyclic amines) is 2. The molecule has 1 aromatic carbocycles. The minimum atomic E-state index is 0.180. The maximum absolute atomic E-state index is 12.4. The van der Waals surface area contributed by atoms with Gasteiger partial charge in [0.1, 0.15) is 0 Å². The summed E-state index contributed by atoms with van der Waals surface area (Å²) in [5, 5.41) is 4.29. The smallest absolute Gasteiger partial charge is 0.257 e. The molecule has 3 heterocycles. The molecule has 1 spiro atoms. The molecule has 28 heavy (non-hydrogen) atoms. The fraction of sp³-hybridized carbons (Fsp3) is 0.591. The summed E-state index contributed by atoms with van der Waals surface area (Å²) in [5.41, 5.74) is 1.20. The molecule has 0 bridgehead atoms. The summed E-state index contributed by atoms with van der Waals surface area (Å²) in [6.07, 6.45) is 3.80. The Morgan fingerprint density at radius 1 is 1.25 bits per heavy atom. The van der Waals surface area contributed by atoms with Crippen LogP contribution in [0.5, 0.6) is 0 Å². The van der Waals surface area contributed by atoms with Gasteiger partial charge in [-0.3, -0.25) is 9.69 Å². The van der Waals surface area contributed by atoms with Crippen LogP contribution in [0, 0.1) is 11.3 Å². The molecule has 1 amide bonds. The summed E-state index contributed by atoms with van der Waals surface area (Å²) >= 11 is 0. The number of nitrogens with zero attached hydrogens (tertiary/aromatic N) is 4. The van der Waals surface area contributed by atoms with Crippen LogP contribution in [0.3, 0.4) is 0 Å². The van der Waals surface area contributed by atoms with Gasteiger partial charge in [-0.2, -0.15) is 4.98 Å². The van der Waals surface area contributed by atoms with Crippen molar-refractivity contribution >= 4 is 5.91 Å². The number of rotatable bonds is 4. The standard InChI is InChI=1S/C22H30N4O2/c1-16(2)13-19(27)26-11-9-22(10-12-26)14-18(25(3)15-22)20-23-21(28-24-20)17-7-5-4-6-8-17/h4-8,16,18H,9-15H2,1-3H3. The minimum absolute atomic E-state index is 0.180. The van der Waals surface area contributed by atoms with Crippen LogP contribution in [0.1, 0.15) is 51.4 Å². The molecule has 1 unspecified atom stereocenters. The van der Waals surface area contributed by atoms with Crippen LogP contribution < -0.4 is 0 Å². The SMILES string of the molecule is CC(C)CC(=O)N1CCC2(CC1)CC(c1noc(-c3ccccc3)n1)N(C)C2. The van der Waals surface area contributed by atoms with E-state index in [4.69, 9.17) is 4.52 Å². The van der Waals surface area contributed by atoms with Gasteiger partial charge in [-0.15, -0.1) is 0 Å². The Morgan fingerprint density at radius 3 is 2.64 bits per heavy atom. The number of carbonyl (C=O) groups is 1. The van der Waals surface area contributed by atoms with Crippen molar-refractivity contribution in [2.24, 2.45) is 11.3 Å². The lowest BCUT2D eigenvalue weighted by atomic mass is 9.76. The average molecular weight is 383 g/mol. The topological polar surface area (TPSA) is 62.5 Å². The van der Waals surface area contributed by atoms with E-state index in [1.807, 2.05) is 30.3 Å². The first-order valence-electron chi connectivity index (χ1n) is 10.3. The number of piperidine rings is 1. The normalized spacial score (nSPS) is 22.3. The van der Waals surface area contributed by atoms with Gasteiger partial charge in [-0.1, -0.05) is 37.2 Å². The van der Waals surface area contributed by atoms with Gasteiger partial charge in [0, 0.05) is 31.6 Å². The van der Waals surface area contributed by atoms with Crippen molar-refractivity contribution in [3.8, 4) is 11.5 Å². The van der Waals surface area contributed by atoms with Crippen LogP contribution in [0.2, 0.25) is 0 Å². The van der Waals surface area contributed by atoms with Crippen LogP contribution in [0.4, 0.5) is 0 Å². The van der Waals surface area contributed by atoms with E-state index >= 15 is 0 Å². The maximum atomic E-state index is 12.4. The number of hydrogen-bond donors (Lipinski definition) is 0. The molecule has 0 aliphatic carbocycles. The van der Waals surface area contributed by atoms with Gasteiger partial charge in [0.2, 0.25) is 5.91 Å². The first-order chi connectivity index (χ1) is 13.5. The van der Waals surface area contributed by atoms with Crippen molar-refractivity contribution in [3.63, 3.8) is 0 Å². The highest BCUT2D eigenvalue weighted by Gasteiger charge is 2.46. The Morgan fingerprint density at radius 2 is 1.96 bits per heavy atom. The molecule has 2 saturated heterocycles. The van der Waals surface area contributed by atoms with Gasteiger partial charge < -0.3 is 9.42 Å². The van der Waals surface area contributed by atoms with Crippen LogP contribution in [0.25, 0.3) is 11.5 Å². The second-order valence-electron chi connectivity index (χ2n) is 8.94. The third-order valence-electron chi connectivity index (χ3n) is 6.26. The number of amides is 1. The van der Waals surface area contributed by atoms with E-state index in [9.17, 15) is 4.79 Å². The highest BCUT2D eigenvalue weighted by atomic mass is 16.5. The van der Waals surface area contributed by atoms with Gasteiger partial charge >= 0.3 is 0 Å². The van der Waals surface area contributed by atoms with E-state index in [-0.39, 0.29) is 11.5 Å². The summed E-state index contributed by atoms with van der Waals surface area (Å²) in [4.78, 5) is 21.5. The lowest BCUT2D eigenvalue weighted by molar-refractivity contribution is -0.134. The number of hydrogen-bond acceptors (Lipinski definition) is 5. The number of benzene rings is 1. The lowest BCUT2D eigenvalue weighted by Crippen LogP contribution is -2.44. The predicted molar refractivity (Wildman–Crippen MR) is 107 cm³/mol. The molecular weight excluding hydrogens is 352 g/mol. The fourth-order valence-corrected chi connectivity index (χ4v) is 4.70. The predicted octanol–water partition coefficient (Wildman–Crippen LogP) is 3.77. The molecule has 6 heteroatoms. The van der Waals surface area contributed by atoms with E-state index in [0.29, 0.717) is 24.1 Å². The van der Waals surface area contributed by atoms with E-state index in [2.05, 4.69) is 40.8 Å². The second kappa shape index (κ2) is 7.66. The van der Waals surface area contributed by atoms with Gasteiger partial charge in [0.15, 0.2) is 5.82 Å². The van der Waals surface area contributed by atoms with E-state index in [0.717, 1.165) is 50.3 Å². The largest absolute Gasteiger partial charge is 0.343 e. The van der Waals surface area contributed by atoms with Crippen molar-refractivity contribution in [1.29, 1.82) is 0 Å². The Bertz CT molecular complexity index is 809. The highest BCUT2D eigenvalue weighted by Crippen LogP contribution is 2.47. The molecule has 2 aromatic rings. The molecule has 150 valence electrons. The fourth-order valence-electron chi connectivity index (χ4n) is 4.70. The zero-order valence-corrected chi connectivity index (χ0v) is 17.1. The molecule has 1 aromatic heterocycles. The van der Waals surface area contributed by atoms with Gasteiger partial charge in [0.05, 0.1) is 6.04 Å². The number of carbonyl (C=O) groups excluding carboxylic acids is 1. The van der Waals surface area contributed by atoms with Gasteiger partial charge in [-0.05, 0) is 49.8 Å². The Labute approximate surface area is 166 Å². The highest BCUT2D eigenvalue weighted by molar-refractivity contribution is 5.76. The molecule has 2 aliphatic heterocycles. The van der Waals surface area contributed by atoms with E-state index < -0.39 is 0 Å². The molecule has 4 rings (SSSR count). The number of aromatic nitrogens is 2. The van der Waals surface area contributed by atoms with Crippen LogP contribution >= 0.6 is 0 Å². The van der Waals surface area contributed by atoms with Crippen LogP contribution in [0.15, 0.2) is 34.9 Å². The van der Waals surface area contributed by atoms with Crippen molar-refractivity contribution in [3.05, 3.63) is 36.2 Å². The minimum Gasteiger partial charge on any atom is -0.343 e. The molecule has 0 radical (unpaired) electrons. The first kappa shape index (κ1) is 19.1. The van der Waals surface area contributed by atoms with Crippen LogP contribution in [-0.2, 0) is 4.79 Å². The monoisotopic (exact) mass is 382 g/mol. The van der Waals surface area contributed by atoms with Crippen LogP contribution in [-0.4, -0.2) is 52.5 Å². The zero-order valence-electron chi connectivity index (χ0n) is 17.1. The van der Waals surface area contributed by atoms with E-state index in [1.165, 1.54) is 0 Å². The van der Waals surface area contributed by atoms with E-state index in [1.54, 1.807) is 0 Å². The Kier molecular flexibility index (Phi) is 5.23. The molecule has 2 fully saturated rings. The maximum Gasteiger partial charge on any atom is 0.257 e. The van der Waals surface area contributed by atoms with Crippen molar-refractivity contribution in [1.82, 2.24) is 19.9 Å². The third kappa shape index (κ3) is 3.83. The van der Waals surface area contributed by atoms with Gasteiger partial charge in [-0.25, -0.2) is 0 Å². The summed E-state index contributed by atoms with van der Waals surface area (Å²) in [7, 11) is 2.15. The molecule has 2 aliphatic rings. The lowest BCUT2D eigenvalue weighted by Gasteiger charge is -2.39. The summed E-state index contributed by atoms with van der Waals surface area (Å²) in [6.45, 7) is 6.98. The summed E-state index contributed by atoms with van der Waals surface area (Å²) in [5.74, 6) is 2.08. The Hall–Kier alpha value is -2.21. The quantitative estimate of drug-likeness (QED) is 0.805. The molecule has 0 saturated carbocycles. The first-order valence-corrected chi connectivity index (χ1v) is 10.3.